The van der Waals surface area contributed by atoms with E-state index in [1.54, 1.807) is 30.3 Å². The summed E-state index contributed by atoms with van der Waals surface area (Å²) in [6.45, 7) is 4.32. The van der Waals surface area contributed by atoms with Crippen LogP contribution in [-0.4, -0.2) is 28.9 Å². The number of carbonyl (C=O) groups excluding carboxylic acids is 1. The van der Waals surface area contributed by atoms with Gasteiger partial charge in [-0.25, -0.2) is 24.4 Å². The summed E-state index contributed by atoms with van der Waals surface area (Å²) in [4.78, 5) is 15.6. The molecule has 1 aromatic heterocycles. The van der Waals surface area contributed by atoms with Gasteiger partial charge in [-0.3, -0.25) is 5.01 Å². The van der Waals surface area contributed by atoms with Crippen molar-refractivity contribution in [3.8, 4) is 11.1 Å². The Morgan fingerprint density at radius 2 is 1.86 bits per heavy atom. The molecule has 0 bridgehead atoms. The number of hydrazone groups is 1. The van der Waals surface area contributed by atoms with E-state index in [-0.39, 0.29) is 17.2 Å². The number of halogens is 2. The Morgan fingerprint density at radius 3 is 2.38 bits per heavy atom. The molecule has 2 aromatic rings. The number of hydrazine groups is 1. The van der Waals surface area contributed by atoms with Gasteiger partial charge in [0.2, 0.25) is 0 Å². The second-order valence-corrected chi connectivity index (χ2v) is 5.84. The number of anilines is 1. The number of carbonyl (C=O) groups is 1. The number of esters is 1. The van der Waals surface area contributed by atoms with Crippen molar-refractivity contribution in [1.29, 1.82) is 0 Å². The van der Waals surface area contributed by atoms with E-state index in [1.807, 2.05) is 0 Å². The average Bonchev–Trinajstić information content (AvgIpc) is 2.73. The molecule has 10 heteroatoms. The summed E-state index contributed by atoms with van der Waals surface area (Å²) in [6.07, 6.45) is 1.49. The van der Waals surface area contributed by atoms with E-state index in [0.29, 0.717) is 21.7 Å². The Bertz CT molecular complexity index is 998. The van der Waals surface area contributed by atoms with Crippen LogP contribution in [0.2, 0.25) is 0 Å². The number of aromatic nitrogens is 1. The lowest BCUT2D eigenvalue weighted by atomic mass is 10.0. The molecule has 6 N–H and O–H groups in total. The number of nitrogens with zero attached hydrogens (tertiary/aromatic N) is 3. The number of allylic oxidation sites excluding steroid dienone is 2. The van der Waals surface area contributed by atoms with Crippen molar-refractivity contribution in [2.45, 2.75) is 6.92 Å². The van der Waals surface area contributed by atoms with Crippen LogP contribution < -0.4 is 17.4 Å². The van der Waals surface area contributed by atoms with Crippen molar-refractivity contribution in [2.24, 2.45) is 16.8 Å². The van der Waals surface area contributed by atoms with Gasteiger partial charge in [0.25, 0.3) is 0 Å². The fourth-order valence-corrected chi connectivity index (χ4v) is 2.42. The monoisotopic (exact) mass is 402 g/mol. The van der Waals surface area contributed by atoms with E-state index in [9.17, 15) is 13.6 Å². The summed E-state index contributed by atoms with van der Waals surface area (Å²) >= 11 is 0. The molecule has 0 unspecified atom stereocenters. The molecule has 8 nitrogen and oxygen atoms in total. The van der Waals surface area contributed by atoms with Crippen LogP contribution in [0.1, 0.15) is 22.8 Å². The molecule has 0 saturated carbocycles. The summed E-state index contributed by atoms with van der Waals surface area (Å²) in [6, 6.07) is 8.08. The van der Waals surface area contributed by atoms with Gasteiger partial charge >= 0.3 is 5.97 Å². The number of nitrogen functional groups attached to an aromatic ring is 1. The Kier molecular flexibility index (Phi) is 6.63. The first kappa shape index (κ1) is 21.5. The van der Waals surface area contributed by atoms with E-state index in [1.165, 1.54) is 13.3 Å². The van der Waals surface area contributed by atoms with Crippen molar-refractivity contribution in [2.75, 3.05) is 12.8 Å². The molecule has 152 valence electrons. The van der Waals surface area contributed by atoms with Gasteiger partial charge in [0.05, 0.1) is 23.9 Å². The predicted molar refractivity (Wildman–Crippen MR) is 106 cm³/mol. The Morgan fingerprint density at radius 1 is 1.24 bits per heavy atom. The summed E-state index contributed by atoms with van der Waals surface area (Å²) in [5, 5.41) is 4.21. The zero-order chi connectivity index (χ0) is 21.7. The molecular formula is C19H20F2N6O2. The van der Waals surface area contributed by atoms with Crippen molar-refractivity contribution in [3.05, 3.63) is 71.6 Å². The maximum Gasteiger partial charge on any atom is 0.337 e. The quantitative estimate of drug-likeness (QED) is 0.175. The third-order valence-electron chi connectivity index (χ3n) is 4.00. The van der Waals surface area contributed by atoms with Gasteiger partial charge in [-0.05, 0) is 30.7 Å². The molecule has 1 aromatic carbocycles. The van der Waals surface area contributed by atoms with Crippen molar-refractivity contribution < 1.29 is 18.3 Å². The molecule has 0 spiro atoms. The van der Waals surface area contributed by atoms with E-state index in [2.05, 4.69) is 21.4 Å². The Labute approximate surface area is 165 Å². The third kappa shape index (κ3) is 4.55. The van der Waals surface area contributed by atoms with Gasteiger partial charge in [-0.1, -0.05) is 18.7 Å². The molecule has 1 heterocycles. The zero-order valence-electron chi connectivity index (χ0n) is 15.8. The Balaban J connectivity index is 2.45. The number of hydrogen-bond acceptors (Lipinski definition) is 7. The van der Waals surface area contributed by atoms with Crippen LogP contribution in [0.3, 0.4) is 0 Å². The number of rotatable bonds is 5. The molecule has 0 fully saturated rings. The maximum absolute atomic E-state index is 13.9. The number of amidine groups is 1. The lowest BCUT2D eigenvalue weighted by molar-refractivity contribution is 0.0600. The van der Waals surface area contributed by atoms with Crippen LogP contribution in [0.4, 0.5) is 14.6 Å². The standard InChI is InChI=1S/C19H20F2N6O2/c1-10(20)16(21)11(2)27(24)18(26-23)15-8-14(9-25-17(15)22)12-4-6-13(7-5-12)19(28)29-3/h4-9H,2,23-24H2,1,3H3,(H2,22,25)/b16-10-,26-18-. The van der Waals surface area contributed by atoms with Crippen molar-refractivity contribution in [1.82, 2.24) is 9.99 Å². The van der Waals surface area contributed by atoms with Crippen LogP contribution in [0.25, 0.3) is 11.1 Å². The highest BCUT2D eigenvalue weighted by Crippen LogP contribution is 2.25. The maximum atomic E-state index is 13.9. The molecular weight excluding hydrogens is 382 g/mol. The van der Waals surface area contributed by atoms with Crippen LogP contribution in [0.5, 0.6) is 0 Å². The number of pyridine rings is 1. The summed E-state index contributed by atoms with van der Waals surface area (Å²) in [7, 11) is 1.29. The zero-order valence-corrected chi connectivity index (χ0v) is 15.8. The highest BCUT2D eigenvalue weighted by Gasteiger charge is 2.21. The van der Waals surface area contributed by atoms with Gasteiger partial charge in [0.15, 0.2) is 11.7 Å². The first-order valence-electron chi connectivity index (χ1n) is 8.19. The largest absolute Gasteiger partial charge is 0.465 e. The molecule has 0 aliphatic rings. The SMILES string of the molecule is C=C(/C(F)=C(\C)F)N(N)/C(=N\N)c1cc(-c2ccc(C(=O)OC)cc2)cnc1N. The Hall–Kier alpha value is -3.79. The molecule has 0 aliphatic carbocycles. The summed E-state index contributed by atoms with van der Waals surface area (Å²) in [5.41, 5.74) is 7.23. The first-order valence-corrected chi connectivity index (χ1v) is 8.19. The molecule has 0 saturated heterocycles. The van der Waals surface area contributed by atoms with E-state index < -0.39 is 23.3 Å². The van der Waals surface area contributed by atoms with Crippen LogP contribution in [-0.2, 0) is 4.74 Å². The van der Waals surface area contributed by atoms with Crippen LogP contribution in [0, 0.1) is 0 Å². The average molecular weight is 402 g/mol. The normalized spacial score (nSPS) is 12.2. The second-order valence-electron chi connectivity index (χ2n) is 5.84. The fourth-order valence-electron chi connectivity index (χ4n) is 2.42. The van der Waals surface area contributed by atoms with E-state index in [0.717, 1.165) is 6.92 Å². The van der Waals surface area contributed by atoms with Crippen LogP contribution in [0.15, 0.2) is 65.6 Å². The minimum atomic E-state index is -1.25. The molecule has 0 radical (unpaired) electrons. The number of hydrogen-bond donors (Lipinski definition) is 3. The van der Waals surface area contributed by atoms with Crippen molar-refractivity contribution >= 4 is 17.6 Å². The lowest BCUT2D eigenvalue weighted by Crippen LogP contribution is -2.38. The van der Waals surface area contributed by atoms with E-state index >= 15 is 0 Å². The minimum absolute atomic E-state index is 0.00809. The summed E-state index contributed by atoms with van der Waals surface area (Å²) < 4.78 is 31.7. The molecule has 2 rings (SSSR count). The van der Waals surface area contributed by atoms with Crippen LogP contribution >= 0.6 is 0 Å². The van der Waals surface area contributed by atoms with Gasteiger partial charge in [-0.15, -0.1) is 0 Å². The highest BCUT2D eigenvalue weighted by molar-refractivity contribution is 6.04. The third-order valence-corrected chi connectivity index (χ3v) is 4.00. The molecule has 0 aliphatic heterocycles. The number of benzene rings is 1. The van der Waals surface area contributed by atoms with Gasteiger partial charge in [0.1, 0.15) is 11.6 Å². The summed E-state index contributed by atoms with van der Waals surface area (Å²) in [5.74, 6) is 8.22. The lowest BCUT2D eigenvalue weighted by Gasteiger charge is -2.22. The second kappa shape index (κ2) is 8.93. The van der Waals surface area contributed by atoms with Gasteiger partial charge in [0, 0.05) is 11.8 Å². The number of nitrogens with two attached hydrogens (primary N) is 3. The molecule has 0 amide bonds. The smallest absolute Gasteiger partial charge is 0.337 e. The predicted octanol–water partition coefficient (Wildman–Crippen LogP) is 2.60. The number of methoxy groups -OCH3 is 1. The van der Waals surface area contributed by atoms with Gasteiger partial charge in [-0.2, -0.15) is 5.10 Å². The topological polar surface area (TPSA) is 133 Å². The minimum Gasteiger partial charge on any atom is -0.465 e. The van der Waals surface area contributed by atoms with E-state index in [4.69, 9.17) is 17.4 Å². The number of ether oxygens (including phenoxy) is 1. The highest BCUT2D eigenvalue weighted by atomic mass is 19.2. The first-order chi connectivity index (χ1) is 13.7. The van der Waals surface area contributed by atoms with Gasteiger partial charge < -0.3 is 16.3 Å². The fraction of sp³-hybridized carbons (Fsp3) is 0.105. The van der Waals surface area contributed by atoms with Crippen molar-refractivity contribution in [3.63, 3.8) is 0 Å². The molecule has 29 heavy (non-hydrogen) atoms. The molecule has 0 atom stereocenters.